The van der Waals surface area contributed by atoms with Gasteiger partial charge in [-0.15, -0.1) is 0 Å². The standard InChI is InChI=1S/C18H22FN3O/c19-17-4-2-1-3-15(17)12-22-9-10-23-16(13-22)6-5-14-7-8-21-18(20)11-14/h1-4,7-8,11,16H,5-6,9-10,12-13H2,(H2,20,21). The number of ether oxygens (including phenoxy) is 1. The molecule has 23 heavy (non-hydrogen) atoms. The third-order valence-corrected chi connectivity index (χ3v) is 4.18. The van der Waals surface area contributed by atoms with E-state index in [2.05, 4.69) is 9.88 Å². The van der Waals surface area contributed by atoms with Crippen LogP contribution in [0.15, 0.2) is 42.6 Å². The second kappa shape index (κ2) is 7.53. The minimum atomic E-state index is -0.136. The zero-order valence-electron chi connectivity index (χ0n) is 13.1. The van der Waals surface area contributed by atoms with Crippen LogP contribution in [0, 0.1) is 5.82 Å². The molecule has 1 aromatic carbocycles. The Morgan fingerprint density at radius 3 is 3.00 bits per heavy atom. The van der Waals surface area contributed by atoms with E-state index in [9.17, 15) is 4.39 Å². The molecule has 0 radical (unpaired) electrons. The summed E-state index contributed by atoms with van der Waals surface area (Å²) in [6.45, 7) is 2.99. The molecule has 0 aliphatic carbocycles. The number of pyridine rings is 1. The van der Waals surface area contributed by atoms with Crippen LogP contribution in [0.2, 0.25) is 0 Å². The molecule has 5 heteroatoms. The number of hydrogen-bond acceptors (Lipinski definition) is 4. The van der Waals surface area contributed by atoms with Crippen LogP contribution in [0.1, 0.15) is 17.5 Å². The molecule has 1 aliphatic rings. The number of aromatic nitrogens is 1. The molecule has 1 aliphatic heterocycles. The molecular formula is C18H22FN3O. The van der Waals surface area contributed by atoms with Crippen LogP contribution >= 0.6 is 0 Å². The van der Waals surface area contributed by atoms with E-state index in [1.165, 1.54) is 11.6 Å². The zero-order chi connectivity index (χ0) is 16.1. The maximum atomic E-state index is 13.8. The van der Waals surface area contributed by atoms with E-state index in [0.29, 0.717) is 19.0 Å². The molecule has 1 fully saturated rings. The van der Waals surface area contributed by atoms with Gasteiger partial charge in [0, 0.05) is 31.4 Å². The van der Waals surface area contributed by atoms with E-state index in [1.807, 2.05) is 24.3 Å². The number of rotatable bonds is 5. The molecule has 2 aromatic rings. The summed E-state index contributed by atoms with van der Waals surface area (Å²) in [4.78, 5) is 6.26. The first-order valence-corrected chi connectivity index (χ1v) is 7.98. The predicted molar refractivity (Wildman–Crippen MR) is 88.4 cm³/mol. The van der Waals surface area contributed by atoms with E-state index in [4.69, 9.17) is 10.5 Å². The highest BCUT2D eigenvalue weighted by Gasteiger charge is 2.21. The fourth-order valence-electron chi connectivity index (χ4n) is 2.94. The molecular weight excluding hydrogens is 293 g/mol. The molecule has 0 amide bonds. The molecule has 0 bridgehead atoms. The van der Waals surface area contributed by atoms with Crippen molar-refractivity contribution in [2.75, 3.05) is 25.4 Å². The Labute approximate surface area is 136 Å². The van der Waals surface area contributed by atoms with Crippen molar-refractivity contribution in [3.8, 4) is 0 Å². The largest absolute Gasteiger partial charge is 0.384 e. The Kier molecular flexibility index (Phi) is 5.20. The van der Waals surface area contributed by atoms with Gasteiger partial charge in [0.25, 0.3) is 0 Å². The highest BCUT2D eigenvalue weighted by Crippen LogP contribution is 2.16. The summed E-state index contributed by atoms with van der Waals surface area (Å²) in [6.07, 6.45) is 3.74. The summed E-state index contributed by atoms with van der Waals surface area (Å²) in [7, 11) is 0. The van der Waals surface area contributed by atoms with Crippen LogP contribution in [0.25, 0.3) is 0 Å². The van der Waals surface area contributed by atoms with Gasteiger partial charge in [-0.25, -0.2) is 9.37 Å². The lowest BCUT2D eigenvalue weighted by Crippen LogP contribution is -2.42. The number of morpholine rings is 1. The van der Waals surface area contributed by atoms with E-state index in [0.717, 1.165) is 31.5 Å². The number of anilines is 1. The summed E-state index contributed by atoms with van der Waals surface area (Å²) in [5, 5.41) is 0. The van der Waals surface area contributed by atoms with Crippen molar-refractivity contribution < 1.29 is 9.13 Å². The first-order chi connectivity index (χ1) is 11.2. The normalized spacial score (nSPS) is 18.9. The van der Waals surface area contributed by atoms with Crippen LogP contribution < -0.4 is 5.73 Å². The second-order valence-electron chi connectivity index (χ2n) is 5.95. The first kappa shape index (κ1) is 15.9. The zero-order valence-corrected chi connectivity index (χ0v) is 13.1. The predicted octanol–water partition coefficient (Wildman–Crippen LogP) is 2.64. The van der Waals surface area contributed by atoms with Crippen LogP contribution in [0.5, 0.6) is 0 Å². The number of hydrogen-bond donors (Lipinski definition) is 1. The third kappa shape index (κ3) is 4.50. The van der Waals surface area contributed by atoms with E-state index >= 15 is 0 Å². The Morgan fingerprint density at radius 1 is 1.30 bits per heavy atom. The van der Waals surface area contributed by atoms with Crippen LogP contribution in [0.3, 0.4) is 0 Å². The molecule has 1 aromatic heterocycles. The first-order valence-electron chi connectivity index (χ1n) is 7.98. The molecule has 0 spiro atoms. The maximum Gasteiger partial charge on any atom is 0.127 e. The summed E-state index contributed by atoms with van der Waals surface area (Å²) in [5.41, 5.74) is 7.62. The van der Waals surface area contributed by atoms with Gasteiger partial charge in [0.15, 0.2) is 0 Å². The molecule has 1 atom stereocenters. The van der Waals surface area contributed by atoms with Gasteiger partial charge in [-0.1, -0.05) is 18.2 Å². The van der Waals surface area contributed by atoms with Gasteiger partial charge in [0.1, 0.15) is 11.6 Å². The van der Waals surface area contributed by atoms with Crippen molar-refractivity contribution >= 4 is 5.82 Å². The van der Waals surface area contributed by atoms with Crippen molar-refractivity contribution in [3.63, 3.8) is 0 Å². The van der Waals surface area contributed by atoms with Crippen LogP contribution in [-0.2, 0) is 17.7 Å². The quantitative estimate of drug-likeness (QED) is 0.921. The van der Waals surface area contributed by atoms with Gasteiger partial charge in [0.05, 0.1) is 12.7 Å². The Morgan fingerprint density at radius 2 is 2.17 bits per heavy atom. The van der Waals surface area contributed by atoms with Gasteiger partial charge >= 0.3 is 0 Å². The molecule has 3 rings (SSSR count). The highest BCUT2D eigenvalue weighted by molar-refractivity contribution is 5.31. The molecule has 2 heterocycles. The van der Waals surface area contributed by atoms with Crippen molar-refractivity contribution in [2.24, 2.45) is 0 Å². The van der Waals surface area contributed by atoms with Crippen molar-refractivity contribution in [1.82, 2.24) is 9.88 Å². The summed E-state index contributed by atoms with van der Waals surface area (Å²) >= 11 is 0. The molecule has 1 saturated heterocycles. The van der Waals surface area contributed by atoms with Crippen molar-refractivity contribution in [1.29, 1.82) is 0 Å². The molecule has 122 valence electrons. The van der Waals surface area contributed by atoms with Gasteiger partial charge in [-0.3, -0.25) is 4.90 Å². The number of benzene rings is 1. The lowest BCUT2D eigenvalue weighted by Gasteiger charge is -2.33. The fraction of sp³-hybridized carbons (Fsp3) is 0.389. The highest BCUT2D eigenvalue weighted by atomic mass is 19.1. The number of halogens is 1. The molecule has 0 saturated carbocycles. The van der Waals surface area contributed by atoms with Gasteiger partial charge in [-0.2, -0.15) is 0 Å². The Bertz CT molecular complexity index is 650. The van der Waals surface area contributed by atoms with Gasteiger partial charge in [-0.05, 0) is 36.6 Å². The van der Waals surface area contributed by atoms with Crippen molar-refractivity contribution in [2.45, 2.75) is 25.5 Å². The van der Waals surface area contributed by atoms with E-state index in [1.54, 1.807) is 12.3 Å². The monoisotopic (exact) mass is 315 g/mol. The fourth-order valence-corrected chi connectivity index (χ4v) is 2.94. The second-order valence-corrected chi connectivity index (χ2v) is 5.95. The number of nitrogens with two attached hydrogens (primary N) is 1. The lowest BCUT2D eigenvalue weighted by atomic mass is 10.1. The van der Waals surface area contributed by atoms with Crippen molar-refractivity contribution in [3.05, 3.63) is 59.5 Å². The SMILES string of the molecule is Nc1cc(CCC2CN(Cc3ccccc3F)CCO2)ccn1. The molecule has 4 nitrogen and oxygen atoms in total. The van der Waals surface area contributed by atoms with Crippen LogP contribution in [0.4, 0.5) is 10.2 Å². The average Bonchev–Trinajstić information content (AvgIpc) is 2.56. The molecule has 2 N–H and O–H groups in total. The lowest BCUT2D eigenvalue weighted by molar-refractivity contribution is -0.0348. The minimum Gasteiger partial charge on any atom is -0.384 e. The Balaban J connectivity index is 1.53. The summed E-state index contributed by atoms with van der Waals surface area (Å²) < 4.78 is 19.6. The average molecular weight is 315 g/mol. The van der Waals surface area contributed by atoms with E-state index in [-0.39, 0.29) is 11.9 Å². The van der Waals surface area contributed by atoms with E-state index < -0.39 is 0 Å². The van der Waals surface area contributed by atoms with Gasteiger partial charge in [0.2, 0.25) is 0 Å². The number of aryl methyl sites for hydroxylation is 1. The summed E-state index contributed by atoms with van der Waals surface area (Å²) in [6, 6.07) is 10.8. The minimum absolute atomic E-state index is 0.136. The van der Waals surface area contributed by atoms with Gasteiger partial charge < -0.3 is 10.5 Å². The topological polar surface area (TPSA) is 51.4 Å². The maximum absolute atomic E-state index is 13.8. The number of nitrogens with zero attached hydrogens (tertiary/aromatic N) is 2. The Hall–Kier alpha value is -1.98. The third-order valence-electron chi connectivity index (χ3n) is 4.18. The number of nitrogen functional groups attached to an aromatic ring is 1. The smallest absolute Gasteiger partial charge is 0.127 e. The molecule has 1 unspecified atom stereocenters. The summed E-state index contributed by atoms with van der Waals surface area (Å²) in [5.74, 6) is 0.413. The van der Waals surface area contributed by atoms with Crippen LogP contribution in [-0.4, -0.2) is 35.7 Å².